The van der Waals surface area contributed by atoms with Crippen molar-refractivity contribution in [1.82, 2.24) is 4.90 Å². The largest absolute Gasteiger partial charge is 0.327 e. The fourth-order valence-electron chi connectivity index (χ4n) is 1.90. The summed E-state index contributed by atoms with van der Waals surface area (Å²) in [5, 5.41) is 0. The van der Waals surface area contributed by atoms with Gasteiger partial charge in [-0.3, -0.25) is 0 Å². The first-order valence-electron chi connectivity index (χ1n) is 6.59. The van der Waals surface area contributed by atoms with Gasteiger partial charge in [0.1, 0.15) is 5.82 Å². The summed E-state index contributed by atoms with van der Waals surface area (Å²) in [6.07, 6.45) is 0.946. The SMILES string of the molecule is Cc1ccc(F)c(CN(C)CCC(N)C(C)C)c1. The standard InChI is InChI=1S/C15H25FN2/c1-11(2)15(17)7-8-18(4)10-13-9-12(3)5-6-14(13)16/h5-6,9,11,15H,7-8,10,17H2,1-4H3. The number of hydrogen-bond donors (Lipinski definition) is 1. The van der Waals surface area contributed by atoms with Crippen molar-refractivity contribution in [1.29, 1.82) is 0 Å². The van der Waals surface area contributed by atoms with Crippen LogP contribution in [0.2, 0.25) is 0 Å². The maximum absolute atomic E-state index is 13.6. The summed E-state index contributed by atoms with van der Waals surface area (Å²) in [7, 11) is 2.01. The molecule has 102 valence electrons. The lowest BCUT2D eigenvalue weighted by atomic mass is 10.0. The molecular weight excluding hydrogens is 227 g/mol. The molecule has 2 N–H and O–H groups in total. The van der Waals surface area contributed by atoms with Crippen LogP contribution >= 0.6 is 0 Å². The summed E-state index contributed by atoms with van der Waals surface area (Å²) in [6, 6.07) is 5.47. The van der Waals surface area contributed by atoms with Crippen molar-refractivity contribution in [3.63, 3.8) is 0 Å². The fourth-order valence-corrected chi connectivity index (χ4v) is 1.90. The molecule has 0 aliphatic carbocycles. The number of rotatable bonds is 6. The van der Waals surface area contributed by atoms with E-state index < -0.39 is 0 Å². The van der Waals surface area contributed by atoms with E-state index in [1.165, 1.54) is 0 Å². The smallest absolute Gasteiger partial charge is 0.127 e. The molecule has 18 heavy (non-hydrogen) atoms. The lowest BCUT2D eigenvalue weighted by molar-refractivity contribution is 0.292. The minimum Gasteiger partial charge on any atom is -0.327 e. The minimum absolute atomic E-state index is 0.124. The molecule has 0 saturated carbocycles. The molecule has 1 rings (SSSR count). The van der Waals surface area contributed by atoms with Gasteiger partial charge in [-0.05, 0) is 38.9 Å². The molecule has 0 aromatic heterocycles. The van der Waals surface area contributed by atoms with Gasteiger partial charge in [0.15, 0.2) is 0 Å². The first kappa shape index (κ1) is 15.1. The quantitative estimate of drug-likeness (QED) is 0.843. The van der Waals surface area contributed by atoms with E-state index >= 15 is 0 Å². The Kier molecular flexibility index (Phi) is 5.76. The Labute approximate surface area is 110 Å². The Hall–Kier alpha value is -0.930. The molecule has 0 aliphatic rings. The van der Waals surface area contributed by atoms with E-state index in [4.69, 9.17) is 5.73 Å². The van der Waals surface area contributed by atoms with Crippen molar-refractivity contribution in [2.45, 2.75) is 39.8 Å². The van der Waals surface area contributed by atoms with E-state index in [0.717, 1.165) is 24.1 Å². The van der Waals surface area contributed by atoms with Crippen LogP contribution in [-0.2, 0) is 6.54 Å². The van der Waals surface area contributed by atoms with Crippen molar-refractivity contribution in [3.8, 4) is 0 Å². The second-order valence-corrected chi connectivity index (χ2v) is 5.53. The average Bonchev–Trinajstić information content (AvgIpc) is 2.30. The number of nitrogens with zero attached hydrogens (tertiary/aromatic N) is 1. The van der Waals surface area contributed by atoms with Crippen LogP contribution in [0.15, 0.2) is 18.2 Å². The molecule has 0 saturated heterocycles. The summed E-state index contributed by atoms with van der Waals surface area (Å²) in [5.41, 5.74) is 7.87. The van der Waals surface area contributed by atoms with E-state index in [-0.39, 0.29) is 11.9 Å². The number of nitrogens with two attached hydrogens (primary N) is 1. The molecule has 1 atom stereocenters. The normalized spacial score (nSPS) is 13.3. The fraction of sp³-hybridized carbons (Fsp3) is 0.600. The third kappa shape index (κ3) is 4.75. The van der Waals surface area contributed by atoms with E-state index in [2.05, 4.69) is 18.7 Å². The van der Waals surface area contributed by atoms with E-state index in [1.54, 1.807) is 12.1 Å². The van der Waals surface area contributed by atoms with Gasteiger partial charge in [-0.25, -0.2) is 4.39 Å². The highest BCUT2D eigenvalue weighted by Gasteiger charge is 2.10. The van der Waals surface area contributed by atoms with Crippen LogP contribution in [-0.4, -0.2) is 24.5 Å². The summed E-state index contributed by atoms with van der Waals surface area (Å²) in [5.74, 6) is 0.370. The van der Waals surface area contributed by atoms with Crippen molar-refractivity contribution in [2.24, 2.45) is 11.7 Å². The number of aryl methyl sites for hydroxylation is 1. The highest BCUT2D eigenvalue weighted by molar-refractivity contribution is 5.23. The third-order valence-electron chi connectivity index (χ3n) is 3.34. The third-order valence-corrected chi connectivity index (χ3v) is 3.34. The second-order valence-electron chi connectivity index (χ2n) is 5.53. The number of hydrogen-bond acceptors (Lipinski definition) is 2. The Morgan fingerprint density at radius 3 is 2.61 bits per heavy atom. The lowest BCUT2D eigenvalue weighted by Gasteiger charge is -2.21. The molecule has 0 spiro atoms. The van der Waals surface area contributed by atoms with Gasteiger partial charge in [0.25, 0.3) is 0 Å². The Balaban J connectivity index is 2.49. The molecule has 0 radical (unpaired) electrons. The molecule has 0 bridgehead atoms. The highest BCUT2D eigenvalue weighted by atomic mass is 19.1. The van der Waals surface area contributed by atoms with E-state index in [1.807, 2.05) is 20.0 Å². The zero-order chi connectivity index (χ0) is 13.7. The van der Waals surface area contributed by atoms with Crippen LogP contribution < -0.4 is 5.73 Å². The molecule has 0 amide bonds. The van der Waals surface area contributed by atoms with Gasteiger partial charge in [0.2, 0.25) is 0 Å². The predicted molar refractivity (Wildman–Crippen MR) is 74.9 cm³/mol. The van der Waals surface area contributed by atoms with Gasteiger partial charge in [-0.15, -0.1) is 0 Å². The molecule has 2 nitrogen and oxygen atoms in total. The van der Waals surface area contributed by atoms with Gasteiger partial charge in [-0.1, -0.05) is 31.5 Å². The predicted octanol–water partition coefficient (Wildman–Crippen LogP) is 2.94. The molecule has 0 aliphatic heterocycles. The van der Waals surface area contributed by atoms with Crippen LogP contribution in [0.5, 0.6) is 0 Å². The van der Waals surface area contributed by atoms with Crippen LogP contribution in [0.1, 0.15) is 31.4 Å². The first-order valence-corrected chi connectivity index (χ1v) is 6.59. The monoisotopic (exact) mass is 252 g/mol. The van der Waals surface area contributed by atoms with Gasteiger partial charge in [0.05, 0.1) is 0 Å². The number of halogens is 1. The topological polar surface area (TPSA) is 29.3 Å². The van der Waals surface area contributed by atoms with Crippen molar-refractivity contribution < 1.29 is 4.39 Å². The van der Waals surface area contributed by atoms with Crippen molar-refractivity contribution in [3.05, 3.63) is 35.1 Å². The molecule has 1 aromatic carbocycles. The molecule has 1 unspecified atom stereocenters. The van der Waals surface area contributed by atoms with Gasteiger partial charge in [-0.2, -0.15) is 0 Å². The Bertz CT molecular complexity index is 377. The van der Waals surface area contributed by atoms with Crippen LogP contribution in [0, 0.1) is 18.7 Å². The summed E-state index contributed by atoms with van der Waals surface area (Å²) >= 11 is 0. The summed E-state index contributed by atoms with van der Waals surface area (Å²) in [4.78, 5) is 2.13. The lowest BCUT2D eigenvalue weighted by Crippen LogP contribution is -2.31. The van der Waals surface area contributed by atoms with E-state index in [9.17, 15) is 4.39 Å². The molecular formula is C15H25FN2. The van der Waals surface area contributed by atoms with Crippen LogP contribution in [0.25, 0.3) is 0 Å². The zero-order valence-corrected chi connectivity index (χ0v) is 11.9. The van der Waals surface area contributed by atoms with Crippen molar-refractivity contribution in [2.75, 3.05) is 13.6 Å². The van der Waals surface area contributed by atoms with Gasteiger partial charge in [0, 0.05) is 18.2 Å². The van der Waals surface area contributed by atoms with E-state index in [0.29, 0.717) is 12.5 Å². The summed E-state index contributed by atoms with van der Waals surface area (Å²) < 4.78 is 13.6. The minimum atomic E-state index is -0.124. The Morgan fingerprint density at radius 1 is 1.33 bits per heavy atom. The zero-order valence-electron chi connectivity index (χ0n) is 11.9. The molecule has 0 fully saturated rings. The van der Waals surface area contributed by atoms with Gasteiger partial charge < -0.3 is 10.6 Å². The first-order chi connectivity index (χ1) is 8.40. The van der Waals surface area contributed by atoms with Crippen LogP contribution in [0.3, 0.4) is 0 Å². The summed E-state index contributed by atoms with van der Waals surface area (Å²) in [6.45, 7) is 7.78. The second kappa shape index (κ2) is 6.86. The van der Waals surface area contributed by atoms with Gasteiger partial charge >= 0.3 is 0 Å². The molecule has 3 heteroatoms. The Morgan fingerprint density at radius 2 is 2.00 bits per heavy atom. The number of benzene rings is 1. The average molecular weight is 252 g/mol. The maximum Gasteiger partial charge on any atom is 0.127 e. The van der Waals surface area contributed by atoms with Crippen molar-refractivity contribution >= 4 is 0 Å². The van der Waals surface area contributed by atoms with Crippen LogP contribution in [0.4, 0.5) is 4.39 Å². The highest BCUT2D eigenvalue weighted by Crippen LogP contribution is 2.13. The maximum atomic E-state index is 13.6. The molecule has 1 aromatic rings. The molecule has 0 heterocycles.